The molecule has 0 spiro atoms. The summed E-state index contributed by atoms with van der Waals surface area (Å²) in [4.78, 5) is 12.3. The predicted octanol–water partition coefficient (Wildman–Crippen LogP) is 1.05. The number of hydrogen-bond donors (Lipinski definition) is 5. The average molecular weight is 402 g/mol. The summed E-state index contributed by atoms with van der Waals surface area (Å²) < 4.78 is 14.7. The summed E-state index contributed by atoms with van der Waals surface area (Å²) in [7, 11) is -1.34. The third-order valence-electron chi connectivity index (χ3n) is 3.43. The summed E-state index contributed by atoms with van der Waals surface area (Å²) in [6.07, 6.45) is 2.93. The van der Waals surface area contributed by atoms with Gasteiger partial charge in [0.25, 0.3) is 0 Å². The van der Waals surface area contributed by atoms with E-state index in [1.807, 2.05) is 19.1 Å². The van der Waals surface area contributed by atoms with Gasteiger partial charge in [-0.25, -0.2) is 13.9 Å². The van der Waals surface area contributed by atoms with Crippen molar-refractivity contribution in [2.75, 3.05) is 6.54 Å². The molecule has 1 unspecified atom stereocenters. The molecule has 0 saturated carbocycles. The maximum atomic E-state index is 11.9. The van der Waals surface area contributed by atoms with Crippen LogP contribution in [-0.2, 0) is 17.6 Å². The second-order valence-corrected chi connectivity index (χ2v) is 6.75. The maximum Gasteiger partial charge on any atom is 0.192 e. The minimum atomic E-state index is -1.34. The molecule has 1 aromatic carbocycles. The normalized spacial score (nSPS) is 11.4. The monoisotopic (exact) mass is 402 g/mol. The van der Waals surface area contributed by atoms with E-state index in [0.29, 0.717) is 27.9 Å². The zero-order chi connectivity index (χ0) is 20.5. The standard InChI is InChI=1S/C12H15N5O2S.C6H7NO/c1-2-16-20(19)7-3-4-8-9(5-7)11(17-12(13)14)15-6-10(8)18;8-5-6-3-1-2-4-7-6/h3-6,16,18H,2H2,1H3,(H4,13,14,15,17);1-4,8H,5H2. The first kappa shape index (κ1) is 21.2. The number of rotatable bonds is 5. The molecule has 0 bridgehead atoms. The summed E-state index contributed by atoms with van der Waals surface area (Å²) in [5.41, 5.74) is 11.4. The van der Waals surface area contributed by atoms with Crippen LogP contribution in [0.4, 0.5) is 5.82 Å². The molecule has 0 aliphatic rings. The number of aliphatic hydroxyl groups excluding tert-OH is 1. The summed E-state index contributed by atoms with van der Waals surface area (Å²) in [6, 6.07) is 10.4. The van der Waals surface area contributed by atoms with Gasteiger partial charge in [-0.05, 0) is 30.3 Å². The zero-order valence-electron chi connectivity index (χ0n) is 15.2. The highest BCUT2D eigenvalue weighted by atomic mass is 32.2. The molecule has 148 valence electrons. The minimum absolute atomic E-state index is 0.00956. The summed E-state index contributed by atoms with van der Waals surface area (Å²) in [5.74, 6) is 0.145. The Kier molecular flexibility index (Phi) is 7.81. The number of aliphatic imine (C=N–C) groups is 1. The summed E-state index contributed by atoms with van der Waals surface area (Å²) in [5, 5.41) is 19.3. The van der Waals surface area contributed by atoms with Gasteiger partial charge in [-0.15, -0.1) is 0 Å². The molecule has 0 aliphatic carbocycles. The Morgan fingerprint density at radius 3 is 2.57 bits per heavy atom. The number of guanidine groups is 1. The van der Waals surface area contributed by atoms with Crippen LogP contribution in [0, 0.1) is 0 Å². The third-order valence-corrected chi connectivity index (χ3v) is 4.66. The molecule has 2 heterocycles. The molecule has 3 aromatic rings. The first-order valence-electron chi connectivity index (χ1n) is 8.33. The van der Waals surface area contributed by atoms with Crippen LogP contribution in [0.1, 0.15) is 12.6 Å². The van der Waals surface area contributed by atoms with Crippen molar-refractivity contribution in [3.05, 3.63) is 54.5 Å². The number of aromatic hydroxyl groups is 1. The zero-order valence-corrected chi connectivity index (χ0v) is 16.1. The fraction of sp³-hybridized carbons (Fsp3) is 0.167. The third kappa shape index (κ3) is 5.71. The lowest BCUT2D eigenvalue weighted by Gasteiger charge is -2.07. The Morgan fingerprint density at radius 2 is 2.00 bits per heavy atom. The molecular weight excluding hydrogens is 380 g/mol. The van der Waals surface area contributed by atoms with E-state index in [4.69, 9.17) is 16.6 Å². The molecule has 10 heteroatoms. The predicted molar refractivity (Wildman–Crippen MR) is 109 cm³/mol. The molecule has 0 saturated heterocycles. The number of pyridine rings is 2. The second-order valence-electron chi connectivity index (χ2n) is 5.46. The van der Waals surface area contributed by atoms with Crippen LogP contribution in [0.15, 0.2) is 58.7 Å². The molecular formula is C18H22N6O3S. The van der Waals surface area contributed by atoms with Crippen LogP contribution in [-0.4, -0.2) is 36.9 Å². The molecule has 3 rings (SSSR count). The van der Waals surface area contributed by atoms with Crippen molar-refractivity contribution < 1.29 is 14.4 Å². The van der Waals surface area contributed by atoms with Crippen molar-refractivity contribution in [3.8, 4) is 5.75 Å². The van der Waals surface area contributed by atoms with E-state index < -0.39 is 11.0 Å². The largest absolute Gasteiger partial charge is 0.506 e. The van der Waals surface area contributed by atoms with Crippen LogP contribution in [0.3, 0.4) is 0 Å². The number of aromatic nitrogens is 2. The van der Waals surface area contributed by atoms with E-state index in [1.165, 1.54) is 6.20 Å². The first-order valence-corrected chi connectivity index (χ1v) is 9.48. The maximum absolute atomic E-state index is 11.9. The van der Waals surface area contributed by atoms with E-state index in [0.717, 1.165) is 0 Å². The Bertz CT molecular complexity index is 978. The van der Waals surface area contributed by atoms with Gasteiger partial charge in [0, 0.05) is 23.5 Å². The topological polar surface area (TPSA) is 160 Å². The van der Waals surface area contributed by atoms with Crippen molar-refractivity contribution in [2.45, 2.75) is 18.4 Å². The van der Waals surface area contributed by atoms with E-state index in [1.54, 1.807) is 30.5 Å². The average Bonchev–Trinajstić information content (AvgIpc) is 2.71. The Labute approximate surface area is 164 Å². The smallest absolute Gasteiger partial charge is 0.192 e. The van der Waals surface area contributed by atoms with Crippen LogP contribution < -0.4 is 16.2 Å². The lowest BCUT2D eigenvalue weighted by Crippen LogP contribution is -2.22. The van der Waals surface area contributed by atoms with Gasteiger partial charge >= 0.3 is 0 Å². The first-order chi connectivity index (χ1) is 13.5. The van der Waals surface area contributed by atoms with Crippen molar-refractivity contribution in [3.63, 3.8) is 0 Å². The molecule has 0 aliphatic heterocycles. The van der Waals surface area contributed by atoms with E-state index in [9.17, 15) is 9.32 Å². The van der Waals surface area contributed by atoms with Crippen molar-refractivity contribution >= 4 is 33.5 Å². The Balaban J connectivity index is 0.000000292. The van der Waals surface area contributed by atoms with Gasteiger partial charge in [-0.3, -0.25) is 4.98 Å². The Hall–Kier alpha value is -3.08. The molecule has 1 atom stereocenters. The van der Waals surface area contributed by atoms with Gasteiger partial charge in [-0.2, -0.15) is 4.99 Å². The molecule has 0 amide bonds. The van der Waals surface area contributed by atoms with Gasteiger partial charge in [0.2, 0.25) is 0 Å². The van der Waals surface area contributed by atoms with E-state index in [-0.39, 0.29) is 24.1 Å². The van der Waals surface area contributed by atoms with E-state index in [2.05, 4.69) is 19.7 Å². The number of aliphatic hydroxyl groups is 1. The number of nitrogens with two attached hydrogens (primary N) is 2. The number of nitrogens with one attached hydrogen (secondary N) is 1. The SMILES string of the molecule is CCNS(=O)c1ccc2c(O)cnc(N=C(N)N)c2c1.OCc1ccccn1. The van der Waals surface area contributed by atoms with Crippen LogP contribution in [0.5, 0.6) is 5.75 Å². The quantitative estimate of drug-likeness (QED) is 0.315. The van der Waals surface area contributed by atoms with Gasteiger partial charge < -0.3 is 21.7 Å². The number of fused-ring (bicyclic) bond motifs is 1. The number of benzene rings is 1. The highest BCUT2D eigenvalue weighted by Crippen LogP contribution is 2.31. The van der Waals surface area contributed by atoms with Gasteiger partial charge in [0.15, 0.2) is 11.8 Å². The molecule has 28 heavy (non-hydrogen) atoms. The number of hydrogen-bond acceptors (Lipinski definition) is 6. The van der Waals surface area contributed by atoms with Gasteiger partial charge in [-0.1, -0.05) is 13.0 Å². The molecule has 0 fully saturated rings. The summed E-state index contributed by atoms with van der Waals surface area (Å²) in [6.45, 7) is 2.46. The van der Waals surface area contributed by atoms with Crippen LogP contribution in [0.2, 0.25) is 0 Å². The lowest BCUT2D eigenvalue weighted by atomic mass is 10.1. The van der Waals surface area contributed by atoms with Crippen molar-refractivity contribution in [2.24, 2.45) is 16.5 Å². The van der Waals surface area contributed by atoms with Gasteiger partial charge in [0.05, 0.1) is 23.4 Å². The Morgan fingerprint density at radius 1 is 1.21 bits per heavy atom. The van der Waals surface area contributed by atoms with Crippen molar-refractivity contribution in [1.29, 1.82) is 0 Å². The lowest BCUT2D eigenvalue weighted by molar-refractivity contribution is 0.277. The van der Waals surface area contributed by atoms with Crippen molar-refractivity contribution in [1.82, 2.24) is 14.7 Å². The summed E-state index contributed by atoms with van der Waals surface area (Å²) >= 11 is 0. The highest BCUT2D eigenvalue weighted by molar-refractivity contribution is 7.83. The molecule has 9 nitrogen and oxygen atoms in total. The van der Waals surface area contributed by atoms with Crippen LogP contribution >= 0.6 is 0 Å². The number of nitrogens with zero attached hydrogens (tertiary/aromatic N) is 3. The fourth-order valence-corrected chi connectivity index (χ4v) is 3.07. The molecule has 2 aromatic heterocycles. The molecule has 7 N–H and O–H groups in total. The fourth-order valence-electron chi connectivity index (χ4n) is 2.23. The van der Waals surface area contributed by atoms with Gasteiger partial charge in [0.1, 0.15) is 16.7 Å². The van der Waals surface area contributed by atoms with Crippen LogP contribution in [0.25, 0.3) is 10.8 Å². The molecule has 0 radical (unpaired) electrons. The van der Waals surface area contributed by atoms with E-state index >= 15 is 0 Å². The second kappa shape index (κ2) is 10.3. The highest BCUT2D eigenvalue weighted by Gasteiger charge is 2.10. The minimum Gasteiger partial charge on any atom is -0.506 e.